The van der Waals surface area contributed by atoms with Crippen LogP contribution in [0.3, 0.4) is 0 Å². The molecule has 274 valence electrons. The minimum Gasteiger partial charge on any atom is -0.495 e. The lowest BCUT2D eigenvalue weighted by atomic mass is 10.1. The molecule has 0 saturated carbocycles. The van der Waals surface area contributed by atoms with Crippen molar-refractivity contribution in [2.24, 2.45) is 0 Å². The number of aromatic nitrogens is 2. The predicted molar refractivity (Wildman–Crippen MR) is 189 cm³/mol. The van der Waals surface area contributed by atoms with Crippen molar-refractivity contribution in [3.8, 4) is 5.75 Å². The van der Waals surface area contributed by atoms with Gasteiger partial charge in [-0.05, 0) is 44.9 Å². The highest BCUT2D eigenvalue weighted by molar-refractivity contribution is 6.08. The van der Waals surface area contributed by atoms with Gasteiger partial charge in [-0.3, -0.25) is 33.9 Å². The van der Waals surface area contributed by atoms with Crippen LogP contribution in [0, 0.1) is 10.1 Å². The number of hydrogen-bond donors (Lipinski definition) is 2. The minimum atomic E-state index is -1.83. The fourth-order valence-electron chi connectivity index (χ4n) is 6.10. The number of methoxy groups -OCH3 is 1. The zero-order valence-corrected chi connectivity index (χ0v) is 29.6. The number of para-hydroxylation sites is 3. The van der Waals surface area contributed by atoms with Crippen molar-refractivity contribution in [2.45, 2.75) is 103 Å². The van der Waals surface area contributed by atoms with Gasteiger partial charge in [-0.25, -0.2) is 14.7 Å². The number of nitro benzene ring substituents is 1. The van der Waals surface area contributed by atoms with E-state index in [1.807, 2.05) is 0 Å². The van der Waals surface area contributed by atoms with Gasteiger partial charge in [-0.2, -0.15) is 0 Å². The molecule has 51 heavy (non-hydrogen) atoms. The zero-order valence-electron chi connectivity index (χ0n) is 29.6. The summed E-state index contributed by atoms with van der Waals surface area (Å²) in [6.45, 7) is 5.05. The summed E-state index contributed by atoms with van der Waals surface area (Å²) in [7, 11) is 1.41. The number of non-ortho nitro benzene ring substituents is 1. The Labute approximate surface area is 295 Å². The van der Waals surface area contributed by atoms with Gasteiger partial charge in [-0.15, -0.1) is 0 Å². The number of unbranched alkanes of at least 4 members (excludes halogenated alkanes) is 9. The highest BCUT2D eigenvalue weighted by atomic mass is 16.6. The SMILES string of the molecule is COc1ccccc1NC(=O)C(c1nc2c([N+](=O)[O-])cccc2c(=O)n1CCCCCCCCCCCCNC(C)=O)N1C(=O)OC(C)(C)C1=O. The normalized spacial score (nSPS) is 14.3. The number of hydrogen-bond acceptors (Lipinski definition) is 10. The lowest BCUT2D eigenvalue weighted by molar-refractivity contribution is -0.383. The summed E-state index contributed by atoms with van der Waals surface area (Å²) in [5.74, 6) is -1.78. The van der Waals surface area contributed by atoms with E-state index in [9.17, 15) is 34.1 Å². The van der Waals surface area contributed by atoms with Crippen LogP contribution in [-0.4, -0.2) is 62.4 Å². The average Bonchev–Trinajstić information content (AvgIpc) is 3.29. The van der Waals surface area contributed by atoms with Gasteiger partial charge in [-0.1, -0.05) is 69.6 Å². The van der Waals surface area contributed by atoms with E-state index in [0.717, 1.165) is 57.8 Å². The second kappa shape index (κ2) is 17.5. The van der Waals surface area contributed by atoms with Crippen LogP contribution in [0.25, 0.3) is 10.9 Å². The maximum Gasteiger partial charge on any atom is 0.418 e. The second-order valence-electron chi connectivity index (χ2n) is 13.0. The summed E-state index contributed by atoms with van der Waals surface area (Å²) in [6.07, 6.45) is 8.40. The largest absolute Gasteiger partial charge is 0.495 e. The van der Waals surface area contributed by atoms with E-state index in [0.29, 0.717) is 23.6 Å². The number of nitro groups is 1. The third kappa shape index (κ3) is 9.47. The second-order valence-corrected chi connectivity index (χ2v) is 13.0. The summed E-state index contributed by atoms with van der Waals surface area (Å²) >= 11 is 0. The minimum absolute atomic E-state index is 0.0122. The van der Waals surface area contributed by atoms with E-state index >= 15 is 0 Å². The lowest BCUT2D eigenvalue weighted by Crippen LogP contribution is -2.46. The van der Waals surface area contributed by atoms with E-state index in [1.165, 1.54) is 50.6 Å². The molecule has 1 saturated heterocycles. The first-order valence-corrected chi connectivity index (χ1v) is 17.3. The van der Waals surface area contributed by atoms with Crippen LogP contribution in [0.4, 0.5) is 16.2 Å². The number of amides is 4. The molecule has 0 bridgehead atoms. The fourth-order valence-corrected chi connectivity index (χ4v) is 6.10. The van der Waals surface area contributed by atoms with Gasteiger partial charge < -0.3 is 20.1 Å². The molecule has 0 aliphatic carbocycles. The van der Waals surface area contributed by atoms with E-state index in [-0.39, 0.29) is 34.9 Å². The molecule has 4 rings (SSSR count). The summed E-state index contributed by atoms with van der Waals surface area (Å²) in [5, 5.41) is 17.5. The lowest BCUT2D eigenvalue weighted by Gasteiger charge is -2.26. The van der Waals surface area contributed by atoms with Crippen LogP contribution in [0.1, 0.15) is 96.8 Å². The van der Waals surface area contributed by atoms with Crippen molar-refractivity contribution >= 4 is 46.1 Å². The quantitative estimate of drug-likeness (QED) is 0.0876. The Morgan fingerprint density at radius 3 is 2.16 bits per heavy atom. The highest BCUT2D eigenvalue weighted by Gasteiger charge is 2.53. The average molecular weight is 707 g/mol. The molecule has 0 radical (unpaired) electrons. The van der Waals surface area contributed by atoms with Gasteiger partial charge >= 0.3 is 6.09 Å². The third-order valence-electron chi connectivity index (χ3n) is 8.76. The molecule has 2 heterocycles. The molecular formula is C36H46N6O9. The number of anilines is 1. The zero-order chi connectivity index (χ0) is 37.1. The Morgan fingerprint density at radius 1 is 0.941 bits per heavy atom. The van der Waals surface area contributed by atoms with Crippen molar-refractivity contribution < 1.29 is 33.6 Å². The highest BCUT2D eigenvalue weighted by Crippen LogP contribution is 2.35. The number of nitrogens with zero attached hydrogens (tertiary/aromatic N) is 4. The molecule has 1 fully saturated rings. The molecule has 4 amide bonds. The van der Waals surface area contributed by atoms with Crippen molar-refractivity contribution in [1.29, 1.82) is 0 Å². The number of rotatable bonds is 19. The van der Waals surface area contributed by atoms with Gasteiger partial charge in [0.1, 0.15) is 11.6 Å². The van der Waals surface area contributed by atoms with E-state index < -0.39 is 45.7 Å². The van der Waals surface area contributed by atoms with Gasteiger partial charge in [0.05, 0.1) is 23.1 Å². The molecule has 3 aromatic rings. The van der Waals surface area contributed by atoms with Gasteiger partial charge in [0.2, 0.25) is 5.91 Å². The van der Waals surface area contributed by atoms with Crippen LogP contribution in [0.2, 0.25) is 0 Å². The first kappa shape index (κ1) is 38.5. The number of carbonyl (C=O) groups is 4. The Bertz CT molecular complexity index is 1820. The topological polar surface area (TPSA) is 192 Å². The molecule has 1 aliphatic rings. The van der Waals surface area contributed by atoms with Crippen molar-refractivity contribution in [3.63, 3.8) is 0 Å². The maximum atomic E-state index is 14.2. The number of ether oxygens (including phenoxy) is 2. The standard InChI is InChI=1S/C36H46N6O9/c1-24(43)37-22-15-11-9-7-5-6-8-10-12-16-23-40-31(39-29-25(33(40)45)18-17-20-27(29)42(48)49)30(41-34(46)36(2,3)51-35(41)47)32(44)38-26-19-13-14-21-28(26)50-4/h13-14,17-21,30H,5-12,15-16,22-23H2,1-4H3,(H,37,43)(H,38,44). The van der Waals surface area contributed by atoms with Crippen LogP contribution >= 0.6 is 0 Å². The van der Waals surface area contributed by atoms with Gasteiger partial charge in [0.15, 0.2) is 17.2 Å². The van der Waals surface area contributed by atoms with Crippen LogP contribution in [-0.2, 0) is 25.7 Å². The number of fused-ring (bicyclic) bond motifs is 1. The van der Waals surface area contributed by atoms with E-state index in [2.05, 4.69) is 15.6 Å². The number of imide groups is 1. The summed E-state index contributed by atoms with van der Waals surface area (Å²) in [5.41, 5.74) is -2.79. The van der Waals surface area contributed by atoms with Crippen molar-refractivity contribution in [1.82, 2.24) is 19.8 Å². The van der Waals surface area contributed by atoms with Gasteiger partial charge in [0.25, 0.3) is 23.1 Å². The molecule has 1 aromatic heterocycles. The summed E-state index contributed by atoms with van der Waals surface area (Å²) < 4.78 is 11.9. The number of carbonyl (C=O) groups excluding carboxylic acids is 4. The molecule has 2 aromatic carbocycles. The molecule has 15 heteroatoms. The van der Waals surface area contributed by atoms with Crippen LogP contribution in [0.5, 0.6) is 5.75 Å². The number of nitrogens with one attached hydrogen (secondary N) is 2. The number of benzene rings is 2. The first-order chi connectivity index (χ1) is 24.4. The van der Waals surface area contributed by atoms with E-state index in [1.54, 1.807) is 24.3 Å². The fraction of sp³-hybridized carbons (Fsp3) is 0.500. The predicted octanol–water partition coefficient (Wildman–Crippen LogP) is 5.79. The summed E-state index contributed by atoms with van der Waals surface area (Å²) in [6, 6.07) is 8.66. The molecule has 1 aliphatic heterocycles. The van der Waals surface area contributed by atoms with Gasteiger partial charge in [0, 0.05) is 26.1 Å². The molecule has 2 N–H and O–H groups in total. The molecule has 1 atom stereocenters. The Hall–Kier alpha value is -5.34. The Morgan fingerprint density at radius 2 is 1.57 bits per heavy atom. The summed E-state index contributed by atoms with van der Waals surface area (Å²) in [4.78, 5) is 82.6. The van der Waals surface area contributed by atoms with Crippen LogP contribution < -0.4 is 20.9 Å². The molecule has 0 spiro atoms. The monoisotopic (exact) mass is 706 g/mol. The molecule has 15 nitrogen and oxygen atoms in total. The number of cyclic esters (lactones) is 1. The third-order valence-corrected chi connectivity index (χ3v) is 8.76. The van der Waals surface area contributed by atoms with Crippen molar-refractivity contribution in [2.75, 3.05) is 19.0 Å². The smallest absolute Gasteiger partial charge is 0.418 e. The van der Waals surface area contributed by atoms with Crippen LogP contribution in [0.15, 0.2) is 47.3 Å². The molecule has 1 unspecified atom stereocenters. The first-order valence-electron chi connectivity index (χ1n) is 17.3. The van der Waals surface area contributed by atoms with Crippen molar-refractivity contribution in [3.05, 3.63) is 68.8 Å². The Kier molecular flexibility index (Phi) is 13.2. The maximum absolute atomic E-state index is 14.2. The molecular weight excluding hydrogens is 660 g/mol. The Balaban J connectivity index is 1.61. The van der Waals surface area contributed by atoms with E-state index in [4.69, 9.17) is 9.47 Å².